The highest BCUT2D eigenvalue weighted by Crippen LogP contribution is 2.43. The van der Waals surface area contributed by atoms with Crippen molar-refractivity contribution in [2.45, 2.75) is 44.7 Å². The van der Waals surface area contributed by atoms with Gasteiger partial charge in [0.2, 0.25) is 17.7 Å². The molecule has 320 valence electrons. The zero-order valence-electron chi connectivity index (χ0n) is 34.8. The monoisotopic (exact) mass is 834 g/mol. The van der Waals surface area contributed by atoms with E-state index in [1.165, 1.54) is 6.07 Å². The number of hydrogen-bond acceptors (Lipinski definition) is 12. The second-order valence-electron chi connectivity index (χ2n) is 16.4. The van der Waals surface area contributed by atoms with E-state index in [9.17, 15) is 28.8 Å². The van der Waals surface area contributed by atoms with Gasteiger partial charge in [-0.1, -0.05) is 6.07 Å². The number of methoxy groups -OCH3 is 2. The summed E-state index contributed by atoms with van der Waals surface area (Å²) in [6, 6.07) is 9.49. The summed E-state index contributed by atoms with van der Waals surface area (Å²) in [5, 5.41) is 3.55. The number of ether oxygens (including phenoxy) is 4. The predicted molar refractivity (Wildman–Crippen MR) is 222 cm³/mol. The van der Waals surface area contributed by atoms with Gasteiger partial charge in [0.05, 0.1) is 55.9 Å². The molecule has 3 fully saturated rings. The van der Waals surface area contributed by atoms with Gasteiger partial charge in [0.25, 0.3) is 17.4 Å². The Bertz CT molecular complexity index is 2430. The quantitative estimate of drug-likeness (QED) is 0.137. The minimum absolute atomic E-state index is 0.0375. The number of benzene rings is 2. The molecule has 5 heterocycles. The lowest BCUT2D eigenvalue weighted by molar-refractivity contribution is -0.136. The number of aryl methyl sites for hydroxylation is 1. The summed E-state index contributed by atoms with van der Waals surface area (Å²) in [6.45, 7) is 3.50. The summed E-state index contributed by atoms with van der Waals surface area (Å²) in [5.41, 5.74) is 2.83. The van der Waals surface area contributed by atoms with Crippen LogP contribution in [0.1, 0.15) is 58.4 Å². The average Bonchev–Trinajstić information content (AvgIpc) is 3.90. The minimum atomic E-state index is -1.06. The number of pyridine rings is 2. The fourth-order valence-electron chi connectivity index (χ4n) is 9.62. The number of amides is 5. The summed E-state index contributed by atoms with van der Waals surface area (Å²) >= 11 is 0. The maximum absolute atomic E-state index is 13.3. The van der Waals surface area contributed by atoms with E-state index in [1.807, 2.05) is 29.3 Å². The van der Waals surface area contributed by atoms with Crippen molar-refractivity contribution in [1.29, 1.82) is 0 Å². The van der Waals surface area contributed by atoms with E-state index >= 15 is 0 Å². The molecule has 4 aliphatic rings. The molecule has 2 saturated heterocycles. The van der Waals surface area contributed by atoms with E-state index in [1.54, 1.807) is 50.4 Å². The molecule has 16 nitrogen and oxygen atoms in total. The topological polar surface area (TPSA) is 179 Å². The third-order valence-corrected chi connectivity index (χ3v) is 12.5. The lowest BCUT2D eigenvalue weighted by atomic mass is 9.98. The number of rotatable bonds is 15. The molecule has 4 aromatic rings. The summed E-state index contributed by atoms with van der Waals surface area (Å²) in [5.74, 6) is 0.758. The zero-order valence-corrected chi connectivity index (χ0v) is 34.8. The van der Waals surface area contributed by atoms with Crippen LogP contribution >= 0.6 is 0 Å². The smallest absolute Gasteiger partial charge is 0.266 e. The van der Waals surface area contributed by atoms with Crippen LogP contribution in [-0.4, -0.2) is 121 Å². The predicted octanol–water partition coefficient (Wildman–Crippen LogP) is 3.42. The molecule has 5 amide bonds. The van der Waals surface area contributed by atoms with E-state index in [2.05, 4.69) is 22.2 Å². The van der Waals surface area contributed by atoms with Crippen molar-refractivity contribution in [1.82, 2.24) is 29.6 Å². The van der Waals surface area contributed by atoms with Crippen molar-refractivity contribution >= 4 is 40.3 Å². The summed E-state index contributed by atoms with van der Waals surface area (Å²) in [6.07, 6.45) is 7.58. The number of hydrogen-bond donors (Lipinski definition) is 1. The Morgan fingerprint density at radius 1 is 0.902 bits per heavy atom. The van der Waals surface area contributed by atoms with Gasteiger partial charge in [-0.3, -0.25) is 44.0 Å². The molecule has 16 heteroatoms. The number of likely N-dealkylation sites (tertiary alicyclic amines) is 1. The van der Waals surface area contributed by atoms with E-state index in [-0.39, 0.29) is 67.4 Å². The molecule has 2 aromatic carbocycles. The zero-order chi connectivity index (χ0) is 42.9. The molecule has 0 spiro atoms. The summed E-state index contributed by atoms with van der Waals surface area (Å²) < 4.78 is 25.0. The molecule has 0 radical (unpaired) electrons. The van der Waals surface area contributed by atoms with Gasteiger partial charge in [-0.05, 0) is 85.3 Å². The highest BCUT2D eigenvalue weighted by atomic mass is 16.5. The van der Waals surface area contributed by atoms with Gasteiger partial charge in [-0.2, -0.15) is 0 Å². The Hall–Kier alpha value is -6.13. The summed E-state index contributed by atoms with van der Waals surface area (Å²) in [7, 11) is 7.16. The molecule has 8 rings (SSSR count). The third-order valence-electron chi connectivity index (χ3n) is 12.5. The van der Waals surface area contributed by atoms with Crippen LogP contribution in [-0.2, 0) is 32.7 Å². The normalized spacial score (nSPS) is 21.0. The van der Waals surface area contributed by atoms with Crippen molar-refractivity contribution in [2.75, 3.05) is 60.7 Å². The second kappa shape index (κ2) is 17.5. The lowest BCUT2D eigenvalue weighted by Crippen LogP contribution is -2.54. The maximum Gasteiger partial charge on any atom is 0.266 e. The van der Waals surface area contributed by atoms with Crippen LogP contribution in [0.25, 0.3) is 21.9 Å². The highest BCUT2D eigenvalue weighted by molar-refractivity contribution is 6.24. The van der Waals surface area contributed by atoms with Gasteiger partial charge >= 0.3 is 0 Å². The molecular weight excluding hydrogens is 785 g/mol. The van der Waals surface area contributed by atoms with Crippen molar-refractivity contribution in [3.05, 3.63) is 82.0 Å². The lowest BCUT2D eigenvalue weighted by Gasteiger charge is -2.27. The first-order chi connectivity index (χ1) is 29.4. The SMILES string of the molecule is COc1cc(-c2cn(C)c(=O)c3cnccc23)cc(OC)c1CN(C)CC1CC2CN(C(=O)CCOCCOc3cccc4c3C(=O)N(C3CCC(=O)NC3=O)C4=O)C[C@@H]2C1. The van der Waals surface area contributed by atoms with Gasteiger partial charge in [0.1, 0.15) is 29.9 Å². The van der Waals surface area contributed by atoms with Gasteiger partial charge in [-0.15, -0.1) is 0 Å². The Morgan fingerprint density at radius 2 is 1.64 bits per heavy atom. The number of carbonyl (C=O) groups excluding carboxylic acids is 5. The van der Waals surface area contributed by atoms with E-state index in [0.717, 1.165) is 59.5 Å². The standard InChI is InChI=1S/C45H50N6O10/c1-48(24-34-37(58-3)18-27(19-38(34)59-4)33-25-49(2)43(55)32-20-46-12-10-30(32)33)21-26-16-28-22-50(23-29(28)17-26)40(53)11-13-60-14-15-61-36-7-5-6-31-41(36)45(57)51(44(31)56)35-8-9-39(52)47-42(35)54/h5-7,10,12,18-20,25-26,28-29,35H,8-9,11,13-17,21-24H2,1-4H3,(H,47,52,54)/t26?,28-,29?,35?/m0/s1. The Labute approximate surface area is 352 Å². The first-order valence-electron chi connectivity index (χ1n) is 20.7. The first-order valence-corrected chi connectivity index (χ1v) is 20.7. The number of aromatic nitrogens is 2. The van der Waals surface area contributed by atoms with Crippen LogP contribution in [0.5, 0.6) is 17.2 Å². The summed E-state index contributed by atoms with van der Waals surface area (Å²) in [4.78, 5) is 85.7. The van der Waals surface area contributed by atoms with E-state index in [0.29, 0.717) is 41.2 Å². The number of carbonyl (C=O) groups is 5. The largest absolute Gasteiger partial charge is 0.496 e. The minimum Gasteiger partial charge on any atom is -0.496 e. The Kier molecular flexibility index (Phi) is 11.9. The van der Waals surface area contributed by atoms with Crippen LogP contribution in [0.15, 0.2) is 59.8 Å². The van der Waals surface area contributed by atoms with Gasteiger partial charge in [-0.25, -0.2) is 0 Å². The molecular formula is C45H50N6O10. The van der Waals surface area contributed by atoms with Crippen LogP contribution in [0.3, 0.4) is 0 Å². The molecule has 4 atom stereocenters. The Balaban J connectivity index is 0.783. The van der Waals surface area contributed by atoms with Crippen LogP contribution < -0.4 is 25.1 Å². The number of imide groups is 2. The van der Waals surface area contributed by atoms with Crippen LogP contribution in [0.4, 0.5) is 0 Å². The maximum atomic E-state index is 13.3. The van der Waals surface area contributed by atoms with Crippen molar-refractivity contribution in [3.63, 3.8) is 0 Å². The number of nitrogens with zero attached hydrogens (tertiary/aromatic N) is 5. The van der Waals surface area contributed by atoms with Crippen molar-refractivity contribution in [3.8, 4) is 28.4 Å². The molecule has 3 aliphatic heterocycles. The fraction of sp³-hybridized carbons (Fsp3) is 0.444. The van der Waals surface area contributed by atoms with Crippen molar-refractivity contribution in [2.24, 2.45) is 24.8 Å². The molecule has 1 N–H and O–H groups in total. The van der Waals surface area contributed by atoms with Crippen molar-refractivity contribution < 1.29 is 42.9 Å². The van der Waals surface area contributed by atoms with Gasteiger partial charge in [0.15, 0.2) is 0 Å². The fourth-order valence-corrected chi connectivity index (χ4v) is 9.62. The van der Waals surface area contributed by atoms with E-state index in [4.69, 9.17) is 18.9 Å². The molecule has 0 bridgehead atoms. The van der Waals surface area contributed by atoms with Gasteiger partial charge < -0.3 is 33.3 Å². The second-order valence-corrected chi connectivity index (χ2v) is 16.4. The highest BCUT2D eigenvalue weighted by Gasteiger charge is 2.46. The molecule has 2 aromatic heterocycles. The van der Waals surface area contributed by atoms with Crippen LogP contribution in [0, 0.1) is 17.8 Å². The average molecular weight is 835 g/mol. The molecule has 1 aliphatic carbocycles. The molecule has 61 heavy (non-hydrogen) atoms. The number of piperidine rings is 1. The van der Waals surface area contributed by atoms with Crippen LogP contribution in [0.2, 0.25) is 0 Å². The van der Waals surface area contributed by atoms with E-state index < -0.39 is 29.7 Å². The molecule has 3 unspecified atom stereocenters. The van der Waals surface area contributed by atoms with Gasteiger partial charge in [0, 0.05) is 63.8 Å². The molecule has 1 saturated carbocycles. The number of nitrogens with one attached hydrogen (secondary N) is 1. The third kappa shape index (κ3) is 8.21. The number of fused-ring (bicyclic) bond motifs is 3. The Morgan fingerprint density at radius 3 is 2.34 bits per heavy atom. The first kappa shape index (κ1) is 41.6.